The molecule has 0 spiro atoms. The van der Waals surface area contributed by atoms with Gasteiger partial charge in [-0.25, -0.2) is 9.79 Å². The van der Waals surface area contributed by atoms with Gasteiger partial charge in [-0.2, -0.15) is 0 Å². The predicted octanol–water partition coefficient (Wildman–Crippen LogP) is 3.58. The first-order valence-corrected chi connectivity index (χ1v) is 12.2. The maximum Gasteiger partial charge on any atom is 0.338 e. The van der Waals surface area contributed by atoms with E-state index in [1.54, 1.807) is 40.2 Å². The second-order valence-corrected chi connectivity index (χ2v) is 9.36. The van der Waals surface area contributed by atoms with E-state index in [1.165, 1.54) is 15.9 Å². The van der Waals surface area contributed by atoms with Gasteiger partial charge >= 0.3 is 5.97 Å². The van der Waals surface area contributed by atoms with Crippen molar-refractivity contribution in [1.29, 1.82) is 0 Å². The van der Waals surface area contributed by atoms with Crippen molar-refractivity contribution in [1.82, 2.24) is 4.57 Å². The molecule has 176 valence electrons. The van der Waals surface area contributed by atoms with Gasteiger partial charge in [-0.3, -0.25) is 9.36 Å². The Balaban J connectivity index is 2.01. The molecule has 9 heteroatoms. The summed E-state index contributed by atoms with van der Waals surface area (Å²) >= 11 is 4.73. The van der Waals surface area contributed by atoms with Gasteiger partial charge in [-0.05, 0) is 44.2 Å². The minimum Gasteiger partial charge on any atom is -0.496 e. The Morgan fingerprint density at radius 3 is 2.62 bits per heavy atom. The monoisotopic (exact) mass is 542 g/mol. The number of nitrogens with zero attached hydrogens (tertiary/aromatic N) is 2. The molecule has 0 radical (unpaired) electrons. The molecule has 0 unspecified atom stereocenters. The quantitative estimate of drug-likeness (QED) is 0.445. The number of carbonyl (C=O) groups excluding carboxylic acids is 1. The normalized spacial score (nSPS) is 15.6. The fraction of sp³-hybridized carbons (Fsp3) is 0.240. The smallest absolute Gasteiger partial charge is 0.338 e. The van der Waals surface area contributed by atoms with E-state index in [0.717, 1.165) is 10.0 Å². The van der Waals surface area contributed by atoms with E-state index in [-0.39, 0.29) is 12.2 Å². The summed E-state index contributed by atoms with van der Waals surface area (Å²) in [6, 6.07) is 12.2. The number of aromatic nitrogens is 1. The molecule has 0 N–H and O–H groups in total. The van der Waals surface area contributed by atoms with Gasteiger partial charge in [0.1, 0.15) is 17.5 Å². The molecule has 0 saturated heterocycles. The van der Waals surface area contributed by atoms with Crippen LogP contribution in [0.2, 0.25) is 0 Å². The Labute approximate surface area is 208 Å². The van der Waals surface area contributed by atoms with E-state index in [9.17, 15) is 9.59 Å². The molecule has 0 saturated carbocycles. The van der Waals surface area contributed by atoms with Crippen molar-refractivity contribution in [2.24, 2.45) is 4.99 Å². The van der Waals surface area contributed by atoms with Crippen molar-refractivity contribution in [2.75, 3.05) is 20.8 Å². The third-order valence-electron chi connectivity index (χ3n) is 5.43. The van der Waals surface area contributed by atoms with Crippen LogP contribution in [0.4, 0.5) is 0 Å². The minimum atomic E-state index is -0.738. The largest absolute Gasteiger partial charge is 0.496 e. The van der Waals surface area contributed by atoms with E-state index < -0.39 is 12.0 Å². The summed E-state index contributed by atoms with van der Waals surface area (Å²) in [7, 11) is 3.14. The minimum absolute atomic E-state index is 0.210. The zero-order valence-electron chi connectivity index (χ0n) is 19.1. The van der Waals surface area contributed by atoms with Crippen LogP contribution < -0.4 is 24.4 Å². The molecular weight excluding hydrogens is 520 g/mol. The molecule has 1 atom stereocenters. The number of halogens is 1. The third-order valence-corrected chi connectivity index (χ3v) is 6.91. The summed E-state index contributed by atoms with van der Waals surface area (Å²) in [4.78, 5) is 31.8. The first kappa shape index (κ1) is 24.0. The molecule has 7 nitrogen and oxygen atoms in total. The molecule has 3 aromatic rings. The van der Waals surface area contributed by atoms with Crippen LogP contribution in [0, 0.1) is 0 Å². The lowest BCUT2D eigenvalue weighted by atomic mass is 9.95. The lowest BCUT2D eigenvalue weighted by Gasteiger charge is -2.25. The van der Waals surface area contributed by atoms with Crippen LogP contribution in [0.3, 0.4) is 0 Å². The molecule has 1 aromatic heterocycles. The highest BCUT2D eigenvalue weighted by Crippen LogP contribution is 2.35. The van der Waals surface area contributed by atoms with E-state index in [0.29, 0.717) is 37.7 Å². The highest BCUT2D eigenvalue weighted by atomic mass is 79.9. The average Bonchev–Trinajstić information content (AvgIpc) is 3.12. The zero-order valence-corrected chi connectivity index (χ0v) is 21.5. The second-order valence-electron chi connectivity index (χ2n) is 7.43. The number of methoxy groups -OCH3 is 2. The first-order valence-electron chi connectivity index (χ1n) is 10.6. The molecule has 0 amide bonds. The van der Waals surface area contributed by atoms with E-state index in [1.807, 2.05) is 36.4 Å². The second kappa shape index (κ2) is 9.99. The van der Waals surface area contributed by atoms with Crippen LogP contribution >= 0.6 is 27.3 Å². The number of ether oxygens (including phenoxy) is 3. The predicted molar refractivity (Wildman–Crippen MR) is 134 cm³/mol. The van der Waals surface area contributed by atoms with Crippen molar-refractivity contribution >= 4 is 39.3 Å². The number of esters is 1. The van der Waals surface area contributed by atoms with Gasteiger partial charge in [0.15, 0.2) is 4.80 Å². The SMILES string of the molecule is CCOC(=O)C1=C(C)N=c2s/c(=C\c3cc(Br)ccc3OC)c(=O)n2[C@@H]1c1ccccc1OC. The number of allylic oxidation sites excluding steroid dienone is 1. The topological polar surface area (TPSA) is 79.1 Å². The summed E-state index contributed by atoms with van der Waals surface area (Å²) < 4.78 is 19.2. The van der Waals surface area contributed by atoms with E-state index in [2.05, 4.69) is 20.9 Å². The third kappa shape index (κ3) is 4.33. The lowest BCUT2D eigenvalue weighted by molar-refractivity contribution is -0.139. The van der Waals surface area contributed by atoms with Crippen molar-refractivity contribution in [3.63, 3.8) is 0 Å². The molecule has 4 rings (SSSR count). The van der Waals surface area contributed by atoms with Gasteiger partial charge < -0.3 is 14.2 Å². The molecule has 1 aliphatic rings. The number of rotatable bonds is 6. The van der Waals surface area contributed by atoms with Gasteiger partial charge in [0, 0.05) is 15.6 Å². The lowest BCUT2D eigenvalue weighted by Crippen LogP contribution is -2.40. The molecular formula is C25H23BrN2O5S. The Kier molecular flexibility index (Phi) is 7.04. The summed E-state index contributed by atoms with van der Waals surface area (Å²) in [6.07, 6.45) is 1.77. The Morgan fingerprint density at radius 1 is 1.18 bits per heavy atom. The van der Waals surface area contributed by atoms with Gasteiger partial charge in [-0.1, -0.05) is 45.5 Å². The fourth-order valence-corrected chi connectivity index (χ4v) is 5.35. The number of hydrogen-bond acceptors (Lipinski definition) is 7. The van der Waals surface area contributed by atoms with Crippen LogP contribution in [0.15, 0.2) is 68.0 Å². The summed E-state index contributed by atoms with van der Waals surface area (Å²) in [5.74, 6) is 0.688. The van der Waals surface area contributed by atoms with Crippen LogP contribution in [0.1, 0.15) is 31.0 Å². The number of fused-ring (bicyclic) bond motifs is 1. The van der Waals surface area contributed by atoms with Crippen LogP contribution in [-0.2, 0) is 9.53 Å². The van der Waals surface area contributed by atoms with Crippen molar-refractivity contribution in [3.8, 4) is 11.5 Å². The van der Waals surface area contributed by atoms with E-state index >= 15 is 0 Å². The van der Waals surface area contributed by atoms with Crippen LogP contribution in [0.25, 0.3) is 6.08 Å². The van der Waals surface area contributed by atoms with Crippen molar-refractivity contribution < 1.29 is 19.0 Å². The molecule has 1 aliphatic heterocycles. The molecule has 0 aliphatic carbocycles. The number of hydrogen-bond donors (Lipinski definition) is 0. The maximum absolute atomic E-state index is 13.7. The van der Waals surface area contributed by atoms with Crippen LogP contribution in [0.5, 0.6) is 11.5 Å². The Bertz CT molecular complexity index is 1470. The van der Waals surface area contributed by atoms with Gasteiger partial charge in [-0.15, -0.1) is 0 Å². The highest BCUT2D eigenvalue weighted by Gasteiger charge is 2.34. The van der Waals surface area contributed by atoms with Gasteiger partial charge in [0.05, 0.1) is 36.6 Å². The highest BCUT2D eigenvalue weighted by molar-refractivity contribution is 9.10. The molecule has 0 bridgehead atoms. The van der Waals surface area contributed by atoms with Crippen molar-refractivity contribution in [2.45, 2.75) is 19.9 Å². The van der Waals surface area contributed by atoms with Gasteiger partial charge in [0.2, 0.25) is 0 Å². The maximum atomic E-state index is 13.7. The number of thiazole rings is 1. The first-order chi connectivity index (χ1) is 16.4. The number of carbonyl (C=O) groups is 1. The molecule has 0 fully saturated rings. The van der Waals surface area contributed by atoms with Crippen molar-refractivity contribution in [3.05, 3.63) is 89.0 Å². The standard InChI is InChI=1S/C25H23BrN2O5S/c1-5-33-24(30)21-14(2)27-25-28(22(21)17-8-6-7-9-19(17)32-4)23(29)20(34-25)13-15-12-16(26)10-11-18(15)31-3/h6-13,22H,5H2,1-4H3/b20-13-/t22-/m1/s1. The van der Waals surface area contributed by atoms with Gasteiger partial charge in [0.25, 0.3) is 5.56 Å². The summed E-state index contributed by atoms with van der Waals surface area (Å²) in [5, 5.41) is 0. The Hall–Kier alpha value is -3.17. The number of para-hydroxylation sites is 1. The van der Waals surface area contributed by atoms with E-state index in [4.69, 9.17) is 14.2 Å². The number of benzene rings is 2. The fourth-order valence-electron chi connectivity index (χ4n) is 3.94. The summed E-state index contributed by atoms with van der Waals surface area (Å²) in [5.41, 5.74) is 1.97. The molecule has 34 heavy (non-hydrogen) atoms. The Morgan fingerprint density at radius 2 is 1.91 bits per heavy atom. The molecule has 2 aromatic carbocycles. The molecule has 2 heterocycles. The summed E-state index contributed by atoms with van der Waals surface area (Å²) in [6.45, 7) is 3.71. The van der Waals surface area contributed by atoms with Crippen LogP contribution in [-0.4, -0.2) is 31.4 Å². The zero-order chi connectivity index (χ0) is 24.4. The average molecular weight is 543 g/mol.